The van der Waals surface area contributed by atoms with Crippen LogP contribution in [0.2, 0.25) is 0 Å². The predicted molar refractivity (Wildman–Crippen MR) is 107 cm³/mol. The first kappa shape index (κ1) is 20.2. The highest BCUT2D eigenvalue weighted by Crippen LogP contribution is 2.25. The molecule has 0 unspecified atom stereocenters. The molecule has 0 saturated heterocycles. The van der Waals surface area contributed by atoms with Crippen molar-refractivity contribution in [1.82, 2.24) is 5.32 Å². The van der Waals surface area contributed by atoms with Gasteiger partial charge in [-0.05, 0) is 62.6 Å². The third-order valence-electron chi connectivity index (χ3n) is 3.94. The Morgan fingerprint density at radius 3 is 2.58 bits per heavy atom. The molecular formula is C21H27NO3S. The summed E-state index contributed by atoms with van der Waals surface area (Å²) >= 11 is 1.55. The fraction of sp³-hybridized carbons (Fsp3) is 0.381. The maximum absolute atomic E-state index is 12.3. The number of methoxy groups -OCH3 is 1. The molecule has 2 aromatic carbocycles. The van der Waals surface area contributed by atoms with Crippen molar-refractivity contribution in [2.45, 2.75) is 36.8 Å². The lowest BCUT2D eigenvalue weighted by atomic mass is 10.1. The van der Waals surface area contributed by atoms with Crippen LogP contribution in [0.4, 0.5) is 0 Å². The molecule has 1 amide bonds. The Bertz CT molecular complexity index is 688. The van der Waals surface area contributed by atoms with Crippen molar-refractivity contribution in [2.24, 2.45) is 0 Å². The third kappa shape index (κ3) is 6.30. The van der Waals surface area contributed by atoms with Crippen molar-refractivity contribution in [3.05, 3.63) is 54.1 Å². The Balaban J connectivity index is 1.74. The minimum absolute atomic E-state index is 0.0592. The number of carbonyl (C=O) groups is 1. The molecule has 0 radical (unpaired) electrons. The van der Waals surface area contributed by atoms with E-state index in [9.17, 15) is 4.79 Å². The number of thioether (sulfide) groups is 1. The Morgan fingerprint density at radius 2 is 1.88 bits per heavy atom. The van der Waals surface area contributed by atoms with Crippen LogP contribution in [0.5, 0.6) is 11.5 Å². The second-order valence-electron chi connectivity index (χ2n) is 5.87. The number of amides is 1. The lowest BCUT2D eigenvalue weighted by Crippen LogP contribution is -2.31. The van der Waals surface area contributed by atoms with E-state index in [1.807, 2.05) is 56.3 Å². The number of rotatable bonds is 10. The van der Waals surface area contributed by atoms with Crippen LogP contribution in [0.1, 0.15) is 25.8 Å². The first-order valence-electron chi connectivity index (χ1n) is 8.93. The molecule has 2 rings (SSSR count). The summed E-state index contributed by atoms with van der Waals surface area (Å²) in [5.74, 6) is 1.81. The van der Waals surface area contributed by atoms with Gasteiger partial charge >= 0.3 is 0 Å². The number of nitrogens with one attached hydrogen (secondary N) is 1. The van der Waals surface area contributed by atoms with E-state index in [2.05, 4.69) is 11.4 Å². The zero-order valence-electron chi connectivity index (χ0n) is 15.7. The number of benzene rings is 2. The molecule has 0 heterocycles. The van der Waals surface area contributed by atoms with Crippen molar-refractivity contribution >= 4 is 17.7 Å². The average molecular weight is 374 g/mol. The Morgan fingerprint density at radius 1 is 1.15 bits per heavy atom. The van der Waals surface area contributed by atoms with Crippen LogP contribution in [0.15, 0.2) is 53.4 Å². The zero-order valence-corrected chi connectivity index (χ0v) is 16.5. The van der Waals surface area contributed by atoms with E-state index >= 15 is 0 Å². The molecular weight excluding hydrogens is 346 g/mol. The summed E-state index contributed by atoms with van der Waals surface area (Å²) in [6.07, 6.45) is 1.77. The van der Waals surface area contributed by atoms with Crippen LogP contribution in [-0.4, -0.2) is 31.4 Å². The Hall–Kier alpha value is -2.14. The second kappa shape index (κ2) is 10.8. The molecule has 0 aromatic heterocycles. The smallest absolute Gasteiger partial charge is 0.233 e. The average Bonchev–Trinajstić information content (AvgIpc) is 2.67. The molecule has 1 atom stereocenters. The van der Waals surface area contributed by atoms with Crippen molar-refractivity contribution in [3.63, 3.8) is 0 Å². The van der Waals surface area contributed by atoms with Crippen molar-refractivity contribution in [2.75, 3.05) is 20.3 Å². The highest BCUT2D eigenvalue weighted by molar-refractivity contribution is 8.00. The SMILES string of the molecule is CCOc1ccccc1CCCNC(=O)[C@H](C)Sc1ccc(OC)cc1. The van der Waals surface area contributed by atoms with Crippen LogP contribution in [0, 0.1) is 0 Å². The van der Waals surface area contributed by atoms with Gasteiger partial charge in [0, 0.05) is 11.4 Å². The van der Waals surface area contributed by atoms with Gasteiger partial charge in [-0.25, -0.2) is 0 Å². The molecule has 5 heteroatoms. The first-order chi connectivity index (χ1) is 12.6. The van der Waals surface area contributed by atoms with Gasteiger partial charge in [0.25, 0.3) is 0 Å². The number of para-hydroxylation sites is 1. The largest absolute Gasteiger partial charge is 0.497 e. The van der Waals surface area contributed by atoms with Gasteiger partial charge in [0.1, 0.15) is 11.5 Å². The summed E-state index contributed by atoms with van der Waals surface area (Å²) < 4.78 is 10.8. The quantitative estimate of drug-likeness (QED) is 0.498. The van der Waals surface area contributed by atoms with Gasteiger partial charge < -0.3 is 14.8 Å². The van der Waals surface area contributed by atoms with Crippen molar-refractivity contribution < 1.29 is 14.3 Å². The summed E-state index contributed by atoms with van der Waals surface area (Å²) in [4.78, 5) is 13.3. The molecule has 26 heavy (non-hydrogen) atoms. The maximum Gasteiger partial charge on any atom is 0.233 e. The van der Waals surface area contributed by atoms with E-state index in [-0.39, 0.29) is 11.2 Å². The monoisotopic (exact) mass is 373 g/mol. The van der Waals surface area contributed by atoms with Gasteiger partial charge in [0.2, 0.25) is 5.91 Å². The van der Waals surface area contributed by atoms with E-state index in [0.29, 0.717) is 13.2 Å². The molecule has 4 nitrogen and oxygen atoms in total. The standard InChI is InChI=1S/C21H27NO3S/c1-4-25-20-10-6-5-8-17(20)9-7-15-22-21(23)16(2)26-19-13-11-18(24-3)12-14-19/h5-6,8,10-14,16H,4,7,9,15H2,1-3H3,(H,22,23)/t16-/m0/s1. The highest BCUT2D eigenvalue weighted by atomic mass is 32.2. The first-order valence-corrected chi connectivity index (χ1v) is 9.81. The lowest BCUT2D eigenvalue weighted by molar-refractivity contribution is -0.120. The van der Waals surface area contributed by atoms with Crippen molar-refractivity contribution in [1.29, 1.82) is 0 Å². The van der Waals surface area contributed by atoms with Crippen LogP contribution < -0.4 is 14.8 Å². The van der Waals surface area contributed by atoms with Gasteiger partial charge in [-0.15, -0.1) is 11.8 Å². The molecule has 0 aliphatic heterocycles. The van der Waals surface area contributed by atoms with Crippen LogP contribution in [-0.2, 0) is 11.2 Å². The van der Waals surface area contributed by atoms with Gasteiger partial charge in [0.15, 0.2) is 0 Å². The van der Waals surface area contributed by atoms with Crippen molar-refractivity contribution in [3.8, 4) is 11.5 Å². The van der Waals surface area contributed by atoms with Gasteiger partial charge in [-0.1, -0.05) is 18.2 Å². The molecule has 0 spiro atoms. The van der Waals surface area contributed by atoms with Gasteiger partial charge in [0.05, 0.1) is 19.0 Å². The molecule has 0 bridgehead atoms. The number of ether oxygens (including phenoxy) is 2. The number of hydrogen-bond donors (Lipinski definition) is 1. The predicted octanol–water partition coefficient (Wildman–Crippen LogP) is 4.32. The van der Waals surface area contributed by atoms with Crippen LogP contribution in [0.3, 0.4) is 0 Å². The highest BCUT2D eigenvalue weighted by Gasteiger charge is 2.14. The van der Waals surface area contributed by atoms with E-state index < -0.39 is 0 Å². The molecule has 0 aliphatic carbocycles. The summed E-state index contributed by atoms with van der Waals surface area (Å²) in [6, 6.07) is 15.8. The summed E-state index contributed by atoms with van der Waals surface area (Å²) in [7, 11) is 1.64. The molecule has 1 N–H and O–H groups in total. The minimum atomic E-state index is -0.140. The summed E-state index contributed by atoms with van der Waals surface area (Å²) in [6.45, 7) is 5.23. The molecule has 0 saturated carbocycles. The fourth-order valence-electron chi connectivity index (χ4n) is 2.55. The van der Waals surface area contributed by atoms with E-state index in [1.165, 1.54) is 5.56 Å². The maximum atomic E-state index is 12.3. The minimum Gasteiger partial charge on any atom is -0.497 e. The summed E-state index contributed by atoms with van der Waals surface area (Å²) in [5.41, 5.74) is 1.18. The van der Waals surface area contributed by atoms with Crippen LogP contribution >= 0.6 is 11.8 Å². The Labute approximate surface area is 160 Å². The number of hydrogen-bond acceptors (Lipinski definition) is 4. The normalized spacial score (nSPS) is 11.7. The van der Waals surface area contributed by atoms with E-state index in [1.54, 1.807) is 18.9 Å². The zero-order chi connectivity index (χ0) is 18.8. The van der Waals surface area contributed by atoms with Crippen LogP contribution in [0.25, 0.3) is 0 Å². The van der Waals surface area contributed by atoms with E-state index in [0.717, 1.165) is 29.2 Å². The second-order valence-corrected chi connectivity index (χ2v) is 7.29. The lowest BCUT2D eigenvalue weighted by Gasteiger charge is -2.13. The number of carbonyl (C=O) groups excluding carboxylic acids is 1. The molecule has 0 aliphatic rings. The van der Waals surface area contributed by atoms with E-state index in [4.69, 9.17) is 9.47 Å². The Kier molecular flexibility index (Phi) is 8.35. The third-order valence-corrected chi connectivity index (χ3v) is 5.05. The molecule has 2 aromatic rings. The number of aryl methyl sites for hydroxylation is 1. The molecule has 0 fully saturated rings. The fourth-order valence-corrected chi connectivity index (χ4v) is 3.44. The van der Waals surface area contributed by atoms with Gasteiger partial charge in [-0.3, -0.25) is 4.79 Å². The van der Waals surface area contributed by atoms with Gasteiger partial charge in [-0.2, -0.15) is 0 Å². The molecule has 140 valence electrons. The topological polar surface area (TPSA) is 47.6 Å². The summed E-state index contributed by atoms with van der Waals surface area (Å²) in [5, 5.41) is 2.88.